The summed E-state index contributed by atoms with van der Waals surface area (Å²) in [6.45, 7) is 7.14. The number of fused-ring (bicyclic) bond motifs is 1. The molecule has 2 aromatic rings. The summed E-state index contributed by atoms with van der Waals surface area (Å²) in [4.78, 5) is 16.4. The van der Waals surface area contributed by atoms with Crippen LogP contribution in [0.15, 0.2) is 30.6 Å². The number of nitrogens with zero attached hydrogens (tertiary/aromatic N) is 5. The van der Waals surface area contributed by atoms with Gasteiger partial charge >= 0.3 is 0 Å². The summed E-state index contributed by atoms with van der Waals surface area (Å²) in [5.74, 6) is 1.88. The van der Waals surface area contributed by atoms with E-state index in [1.807, 2.05) is 12.4 Å². The molecule has 4 rings (SSSR count). The standard InChI is InChI=1S/C21H29N5O/c1-24-10-12-26(13-11-24)21-22-14-17(15-23-21)16-25-8-6-18-4-3-5-20(27-2)19(18)7-9-25/h3-5,14-15H,6-13,16H2,1-2H3. The first kappa shape index (κ1) is 18.2. The number of methoxy groups -OCH3 is 1. The van der Waals surface area contributed by atoms with Gasteiger partial charge in [0.25, 0.3) is 0 Å². The van der Waals surface area contributed by atoms with Gasteiger partial charge < -0.3 is 14.5 Å². The molecule has 1 aromatic heterocycles. The van der Waals surface area contributed by atoms with Crippen LogP contribution in [0.5, 0.6) is 5.75 Å². The number of benzene rings is 1. The van der Waals surface area contributed by atoms with Crippen molar-refractivity contribution in [3.05, 3.63) is 47.3 Å². The molecule has 1 aromatic carbocycles. The van der Waals surface area contributed by atoms with Crippen LogP contribution in [0.4, 0.5) is 5.95 Å². The maximum absolute atomic E-state index is 5.55. The number of likely N-dealkylation sites (N-methyl/N-ethyl adjacent to an activating group) is 1. The molecular formula is C21H29N5O. The fourth-order valence-corrected chi connectivity index (χ4v) is 4.00. The lowest BCUT2D eigenvalue weighted by atomic mass is 10.0. The van der Waals surface area contributed by atoms with Crippen molar-refractivity contribution in [3.63, 3.8) is 0 Å². The number of piperazine rings is 1. The second-order valence-electron chi connectivity index (χ2n) is 7.56. The summed E-state index contributed by atoms with van der Waals surface area (Å²) >= 11 is 0. The van der Waals surface area contributed by atoms with E-state index in [1.165, 1.54) is 16.7 Å². The molecule has 0 amide bonds. The fourth-order valence-electron chi connectivity index (χ4n) is 4.00. The normalized spacial score (nSPS) is 18.8. The Labute approximate surface area is 161 Å². The van der Waals surface area contributed by atoms with Crippen molar-refractivity contribution < 1.29 is 4.74 Å². The highest BCUT2D eigenvalue weighted by Crippen LogP contribution is 2.26. The Morgan fingerprint density at radius 1 is 0.963 bits per heavy atom. The first-order chi connectivity index (χ1) is 13.2. The van der Waals surface area contributed by atoms with Gasteiger partial charge in [0.15, 0.2) is 0 Å². The minimum Gasteiger partial charge on any atom is -0.496 e. The molecule has 0 saturated carbocycles. The van der Waals surface area contributed by atoms with E-state index in [9.17, 15) is 0 Å². The van der Waals surface area contributed by atoms with Gasteiger partial charge in [-0.25, -0.2) is 9.97 Å². The van der Waals surface area contributed by atoms with Crippen LogP contribution in [0.1, 0.15) is 16.7 Å². The van der Waals surface area contributed by atoms with Crippen LogP contribution in [0.25, 0.3) is 0 Å². The smallest absolute Gasteiger partial charge is 0.225 e. The van der Waals surface area contributed by atoms with Gasteiger partial charge in [-0.1, -0.05) is 12.1 Å². The number of hydrogen-bond donors (Lipinski definition) is 0. The topological polar surface area (TPSA) is 44.7 Å². The number of ether oxygens (including phenoxy) is 1. The molecule has 0 bridgehead atoms. The van der Waals surface area contributed by atoms with E-state index in [-0.39, 0.29) is 0 Å². The van der Waals surface area contributed by atoms with Gasteiger partial charge in [0.1, 0.15) is 5.75 Å². The number of aromatic nitrogens is 2. The van der Waals surface area contributed by atoms with Gasteiger partial charge in [-0.3, -0.25) is 4.90 Å². The summed E-state index contributed by atoms with van der Waals surface area (Å²) in [5, 5.41) is 0. The third-order valence-electron chi connectivity index (χ3n) is 5.71. The van der Waals surface area contributed by atoms with E-state index in [1.54, 1.807) is 7.11 Å². The van der Waals surface area contributed by atoms with E-state index in [4.69, 9.17) is 4.74 Å². The highest BCUT2D eigenvalue weighted by atomic mass is 16.5. The van der Waals surface area contributed by atoms with Crippen molar-refractivity contribution in [2.75, 3.05) is 58.3 Å². The molecule has 2 aliphatic heterocycles. The van der Waals surface area contributed by atoms with Gasteiger partial charge in [0.05, 0.1) is 7.11 Å². The summed E-state index contributed by atoms with van der Waals surface area (Å²) < 4.78 is 5.55. The zero-order valence-electron chi connectivity index (χ0n) is 16.4. The minimum atomic E-state index is 0.861. The van der Waals surface area contributed by atoms with Gasteiger partial charge in [0.2, 0.25) is 5.95 Å². The van der Waals surface area contributed by atoms with Crippen molar-refractivity contribution in [3.8, 4) is 5.75 Å². The SMILES string of the molecule is COc1cccc2c1CCN(Cc1cnc(N3CCN(C)CC3)nc1)CC2. The molecule has 0 spiro atoms. The van der Waals surface area contributed by atoms with Crippen LogP contribution in [0, 0.1) is 0 Å². The maximum Gasteiger partial charge on any atom is 0.225 e. The Hall–Kier alpha value is -2.18. The molecule has 6 nitrogen and oxygen atoms in total. The first-order valence-electron chi connectivity index (χ1n) is 9.84. The largest absolute Gasteiger partial charge is 0.496 e. The van der Waals surface area contributed by atoms with Crippen LogP contribution in [-0.2, 0) is 19.4 Å². The van der Waals surface area contributed by atoms with Crippen LogP contribution < -0.4 is 9.64 Å². The Bertz CT molecular complexity index is 756. The molecule has 0 radical (unpaired) electrons. The Kier molecular flexibility index (Phi) is 5.55. The minimum absolute atomic E-state index is 0.861. The number of anilines is 1. The zero-order chi connectivity index (χ0) is 18.6. The Morgan fingerprint density at radius 2 is 1.70 bits per heavy atom. The summed E-state index contributed by atoms with van der Waals surface area (Å²) in [7, 11) is 3.92. The number of hydrogen-bond acceptors (Lipinski definition) is 6. The highest BCUT2D eigenvalue weighted by molar-refractivity contribution is 5.41. The van der Waals surface area contributed by atoms with Gasteiger partial charge in [-0.2, -0.15) is 0 Å². The third kappa shape index (κ3) is 4.22. The van der Waals surface area contributed by atoms with Crippen LogP contribution in [0.3, 0.4) is 0 Å². The average Bonchev–Trinajstić information content (AvgIpc) is 2.92. The lowest BCUT2D eigenvalue weighted by molar-refractivity contribution is 0.278. The van der Waals surface area contributed by atoms with E-state index in [2.05, 4.69) is 49.9 Å². The first-order valence-corrected chi connectivity index (χ1v) is 9.84. The predicted molar refractivity (Wildman–Crippen MR) is 107 cm³/mol. The van der Waals surface area contributed by atoms with Crippen LogP contribution in [-0.4, -0.2) is 73.2 Å². The lowest BCUT2D eigenvalue weighted by Crippen LogP contribution is -2.45. The monoisotopic (exact) mass is 367 g/mol. The third-order valence-corrected chi connectivity index (χ3v) is 5.71. The van der Waals surface area contributed by atoms with Gasteiger partial charge in [-0.05, 0) is 37.1 Å². The lowest BCUT2D eigenvalue weighted by Gasteiger charge is -2.32. The van der Waals surface area contributed by atoms with E-state index in [0.29, 0.717) is 0 Å². The van der Waals surface area contributed by atoms with Crippen LogP contribution >= 0.6 is 0 Å². The molecule has 0 aliphatic carbocycles. The summed E-state index contributed by atoms with van der Waals surface area (Å²) in [5.41, 5.74) is 3.97. The predicted octanol–water partition coefficient (Wildman–Crippen LogP) is 1.84. The van der Waals surface area contributed by atoms with E-state index >= 15 is 0 Å². The second kappa shape index (κ2) is 8.23. The molecule has 27 heavy (non-hydrogen) atoms. The number of rotatable bonds is 4. The average molecular weight is 367 g/mol. The highest BCUT2D eigenvalue weighted by Gasteiger charge is 2.19. The van der Waals surface area contributed by atoms with Crippen molar-refractivity contribution in [2.24, 2.45) is 0 Å². The molecule has 1 saturated heterocycles. The van der Waals surface area contributed by atoms with Gasteiger partial charge in [-0.15, -0.1) is 0 Å². The molecule has 0 N–H and O–H groups in total. The molecule has 3 heterocycles. The van der Waals surface area contributed by atoms with Crippen molar-refractivity contribution in [1.29, 1.82) is 0 Å². The van der Waals surface area contributed by atoms with Crippen molar-refractivity contribution in [2.45, 2.75) is 19.4 Å². The van der Waals surface area contributed by atoms with Gasteiger partial charge in [0, 0.05) is 63.8 Å². The second-order valence-corrected chi connectivity index (χ2v) is 7.56. The summed E-state index contributed by atoms with van der Waals surface area (Å²) in [6.07, 6.45) is 6.09. The molecule has 0 unspecified atom stereocenters. The Balaban J connectivity index is 1.37. The maximum atomic E-state index is 5.55. The molecule has 0 atom stereocenters. The molecule has 1 fully saturated rings. The van der Waals surface area contributed by atoms with E-state index in [0.717, 1.165) is 70.4 Å². The quantitative estimate of drug-likeness (QED) is 0.822. The van der Waals surface area contributed by atoms with Crippen molar-refractivity contribution in [1.82, 2.24) is 19.8 Å². The van der Waals surface area contributed by atoms with Crippen molar-refractivity contribution >= 4 is 5.95 Å². The molecular weight excluding hydrogens is 338 g/mol. The summed E-state index contributed by atoms with van der Waals surface area (Å²) in [6, 6.07) is 6.40. The molecule has 2 aliphatic rings. The fraction of sp³-hybridized carbons (Fsp3) is 0.524. The van der Waals surface area contributed by atoms with E-state index < -0.39 is 0 Å². The molecule has 144 valence electrons. The van der Waals surface area contributed by atoms with Crippen LogP contribution in [0.2, 0.25) is 0 Å². The Morgan fingerprint density at radius 3 is 2.44 bits per heavy atom. The zero-order valence-corrected chi connectivity index (χ0v) is 16.4. The molecule has 6 heteroatoms.